The number of nitrogens with zero attached hydrogens (tertiary/aromatic N) is 1. The largest absolute Gasteiger partial charge is 0.508 e. The number of likely N-dealkylation sites (N-methyl/N-ethyl adjacent to an activating group) is 1. The molecule has 1 saturated heterocycles. The highest BCUT2D eigenvalue weighted by atomic mass is 16.3. The van der Waals surface area contributed by atoms with Gasteiger partial charge in [-0.15, -0.1) is 0 Å². The van der Waals surface area contributed by atoms with Crippen LogP contribution in [0.3, 0.4) is 0 Å². The van der Waals surface area contributed by atoms with Crippen LogP contribution in [-0.4, -0.2) is 47.5 Å². The quantitative estimate of drug-likeness (QED) is 0.749. The monoisotopic (exact) mass is 291 g/mol. The average Bonchev–Trinajstić information content (AvgIpc) is 2.48. The molecule has 0 aliphatic carbocycles. The lowest BCUT2D eigenvalue weighted by atomic mass is 10.0. The predicted molar refractivity (Wildman–Crippen MR) is 78.7 cm³/mol. The number of piperazine rings is 1. The number of rotatable bonds is 4. The van der Waals surface area contributed by atoms with Gasteiger partial charge in [-0.3, -0.25) is 14.9 Å². The zero-order valence-corrected chi connectivity index (χ0v) is 12.3. The van der Waals surface area contributed by atoms with Crippen LogP contribution in [-0.2, 0) is 9.59 Å². The SMILES string of the molecule is CCN(C(=O)C1CNC(=O)CN1)C(C)c1cccc(O)c1. The van der Waals surface area contributed by atoms with Crippen LogP contribution in [0.5, 0.6) is 5.75 Å². The molecule has 2 unspecified atom stereocenters. The summed E-state index contributed by atoms with van der Waals surface area (Å²) in [4.78, 5) is 25.5. The zero-order chi connectivity index (χ0) is 15.4. The van der Waals surface area contributed by atoms with Gasteiger partial charge in [0.15, 0.2) is 0 Å². The average molecular weight is 291 g/mol. The van der Waals surface area contributed by atoms with Crippen LogP contribution in [0.2, 0.25) is 0 Å². The van der Waals surface area contributed by atoms with Gasteiger partial charge in [-0.2, -0.15) is 0 Å². The molecule has 0 radical (unpaired) electrons. The van der Waals surface area contributed by atoms with Crippen molar-refractivity contribution >= 4 is 11.8 Å². The number of phenols is 1. The number of nitrogens with one attached hydrogen (secondary N) is 2. The number of aromatic hydroxyl groups is 1. The van der Waals surface area contributed by atoms with E-state index in [1.165, 1.54) is 0 Å². The summed E-state index contributed by atoms with van der Waals surface area (Å²) in [5.41, 5.74) is 0.880. The molecule has 2 rings (SSSR count). The number of hydrogen-bond acceptors (Lipinski definition) is 4. The van der Waals surface area contributed by atoms with Gasteiger partial charge in [-0.1, -0.05) is 12.1 Å². The molecule has 1 aromatic rings. The second kappa shape index (κ2) is 6.58. The third-order valence-corrected chi connectivity index (χ3v) is 3.75. The van der Waals surface area contributed by atoms with Crippen molar-refractivity contribution in [2.45, 2.75) is 25.9 Å². The number of benzene rings is 1. The summed E-state index contributed by atoms with van der Waals surface area (Å²) < 4.78 is 0. The third kappa shape index (κ3) is 3.52. The van der Waals surface area contributed by atoms with Crippen LogP contribution in [0.25, 0.3) is 0 Å². The highest BCUT2D eigenvalue weighted by Crippen LogP contribution is 2.23. The standard InChI is InChI=1S/C15H21N3O3/c1-3-18(10(2)11-5-4-6-12(19)7-11)15(21)13-8-17-14(20)9-16-13/h4-7,10,13,16,19H,3,8-9H2,1-2H3,(H,17,20). The molecule has 21 heavy (non-hydrogen) atoms. The lowest BCUT2D eigenvalue weighted by Gasteiger charge is -2.33. The van der Waals surface area contributed by atoms with Crippen molar-refractivity contribution in [1.29, 1.82) is 0 Å². The van der Waals surface area contributed by atoms with Crippen LogP contribution >= 0.6 is 0 Å². The first-order chi connectivity index (χ1) is 10.0. The molecule has 114 valence electrons. The molecule has 1 heterocycles. The number of hydrogen-bond donors (Lipinski definition) is 3. The van der Waals surface area contributed by atoms with Crippen LogP contribution in [0.15, 0.2) is 24.3 Å². The second-order valence-corrected chi connectivity index (χ2v) is 5.13. The molecule has 0 spiro atoms. The second-order valence-electron chi connectivity index (χ2n) is 5.13. The highest BCUT2D eigenvalue weighted by molar-refractivity contribution is 5.87. The van der Waals surface area contributed by atoms with Gasteiger partial charge in [0.25, 0.3) is 0 Å². The Hall–Kier alpha value is -2.08. The molecule has 2 atom stereocenters. The van der Waals surface area contributed by atoms with E-state index in [1.54, 1.807) is 23.1 Å². The molecule has 1 aliphatic rings. The number of phenolic OH excluding ortho intramolecular Hbond substituents is 1. The van der Waals surface area contributed by atoms with Crippen molar-refractivity contribution in [3.8, 4) is 5.75 Å². The summed E-state index contributed by atoms with van der Waals surface area (Å²) in [6.45, 7) is 4.87. The Labute approximate surface area is 124 Å². The summed E-state index contributed by atoms with van der Waals surface area (Å²) in [6.07, 6.45) is 0. The summed E-state index contributed by atoms with van der Waals surface area (Å²) in [5, 5.41) is 15.2. The molecule has 0 aromatic heterocycles. The number of carbonyl (C=O) groups excluding carboxylic acids is 2. The van der Waals surface area contributed by atoms with Gasteiger partial charge in [0.2, 0.25) is 11.8 Å². The Bertz CT molecular complexity index is 523. The fourth-order valence-corrected chi connectivity index (χ4v) is 2.53. The number of carbonyl (C=O) groups is 2. The van der Waals surface area contributed by atoms with Gasteiger partial charge in [0, 0.05) is 13.1 Å². The Morgan fingerprint density at radius 2 is 2.29 bits per heavy atom. The van der Waals surface area contributed by atoms with Crippen molar-refractivity contribution in [3.05, 3.63) is 29.8 Å². The van der Waals surface area contributed by atoms with Gasteiger partial charge >= 0.3 is 0 Å². The Morgan fingerprint density at radius 1 is 1.52 bits per heavy atom. The van der Waals surface area contributed by atoms with Crippen molar-refractivity contribution in [2.24, 2.45) is 0 Å². The zero-order valence-electron chi connectivity index (χ0n) is 12.3. The first-order valence-corrected chi connectivity index (χ1v) is 7.12. The molecular formula is C15H21N3O3. The molecule has 6 heteroatoms. The van der Waals surface area contributed by atoms with E-state index in [-0.39, 0.29) is 30.2 Å². The molecule has 1 aliphatic heterocycles. The maximum absolute atomic E-state index is 12.6. The van der Waals surface area contributed by atoms with Crippen molar-refractivity contribution < 1.29 is 14.7 Å². The van der Waals surface area contributed by atoms with Gasteiger partial charge in [0.05, 0.1) is 12.6 Å². The Morgan fingerprint density at radius 3 is 2.86 bits per heavy atom. The molecule has 2 amide bonds. The molecule has 1 aromatic carbocycles. The minimum Gasteiger partial charge on any atom is -0.508 e. The molecular weight excluding hydrogens is 270 g/mol. The van der Waals surface area contributed by atoms with E-state index in [1.807, 2.05) is 19.9 Å². The third-order valence-electron chi connectivity index (χ3n) is 3.75. The van der Waals surface area contributed by atoms with E-state index in [9.17, 15) is 14.7 Å². The van der Waals surface area contributed by atoms with E-state index in [2.05, 4.69) is 10.6 Å². The molecule has 0 saturated carbocycles. The molecule has 0 bridgehead atoms. The summed E-state index contributed by atoms with van der Waals surface area (Å²) in [5.74, 6) is 0.0439. The van der Waals surface area contributed by atoms with Gasteiger partial charge in [0.1, 0.15) is 11.8 Å². The molecule has 6 nitrogen and oxygen atoms in total. The van der Waals surface area contributed by atoms with E-state index in [0.29, 0.717) is 13.1 Å². The van der Waals surface area contributed by atoms with Crippen LogP contribution in [0.4, 0.5) is 0 Å². The Balaban J connectivity index is 2.11. The van der Waals surface area contributed by atoms with E-state index < -0.39 is 6.04 Å². The molecule has 3 N–H and O–H groups in total. The predicted octanol–water partition coefficient (Wildman–Crippen LogP) is 0.390. The normalized spacial score (nSPS) is 19.7. The van der Waals surface area contributed by atoms with E-state index in [4.69, 9.17) is 0 Å². The van der Waals surface area contributed by atoms with E-state index >= 15 is 0 Å². The number of amides is 2. The first-order valence-electron chi connectivity index (χ1n) is 7.12. The minimum atomic E-state index is -0.401. The van der Waals surface area contributed by atoms with Crippen LogP contribution in [0, 0.1) is 0 Å². The maximum Gasteiger partial charge on any atom is 0.242 e. The topological polar surface area (TPSA) is 81.7 Å². The smallest absolute Gasteiger partial charge is 0.242 e. The van der Waals surface area contributed by atoms with Crippen LogP contribution < -0.4 is 10.6 Å². The highest BCUT2D eigenvalue weighted by Gasteiger charge is 2.30. The van der Waals surface area contributed by atoms with Crippen molar-refractivity contribution in [3.63, 3.8) is 0 Å². The maximum atomic E-state index is 12.6. The lowest BCUT2D eigenvalue weighted by molar-refractivity contribution is -0.136. The molecule has 1 fully saturated rings. The first kappa shape index (κ1) is 15.3. The van der Waals surface area contributed by atoms with Gasteiger partial charge in [-0.05, 0) is 31.5 Å². The minimum absolute atomic E-state index is 0.0478. The summed E-state index contributed by atoms with van der Waals surface area (Å²) in [7, 11) is 0. The van der Waals surface area contributed by atoms with Gasteiger partial charge in [-0.25, -0.2) is 0 Å². The van der Waals surface area contributed by atoms with Crippen molar-refractivity contribution in [1.82, 2.24) is 15.5 Å². The van der Waals surface area contributed by atoms with Gasteiger partial charge < -0.3 is 15.3 Å². The summed E-state index contributed by atoms with van der Waals surface area (Å²) >= 11 is 0. The fraction of sp³-hybridized carbons (Fsp3) is 0.467. The lowest BCUT2D eigenvalue weighted by Crippen LogP contribution is -2.58. The van der Waals surface area contributed by atoms with Crippen LogP contribution in [0.1, 0.15) is 25.5 Å². The summed E-state index contributed by atoms with van der Waals surface area (Å²) in [6, 6.07) is 6.37. The van der Waals surface area contributed by atoms with Crippen molar-refractivity contribution in [2.75, 3.05) is 19.6 Å². The Kier molecular flexibility index (Phi) is 4.80. The fourth-order valence-electron chi connectivity index (χ4n) is 2.53. The van der Waals surface area contributed by atoms with E-state index in [0.717, 1.165) is 5.56 Å².